The number of hydrogen-bond acceptors (Lipinski definition) is 5. The van der Waals surface area contributed by atoms with Crippen LogP contribution in [0.1, 0.15) is 13.3 Å². The van der Waals surface area contributed by atoms with E-state index < -0.39 is 0 Å². The predicted octanol–water partition coefficient (Wildman–Crippen LogP) is 2.28. The molecule has 1 atom stereocenters. The molecule has 0 radical (unpaired) electrons. The number of piperazine rings is 1. The Morgan fingerprint density at radius 2 is 2.32 bits per heavy atom. The normalized spacial score (nSPS) is 20.6. The number of anilines is 1. The van der Waals surface area contributed by atoms with Crippen molar-refractivity contribution in [1.82, 2.24) is 9.88 Å². The van der Waals surface area contributed by atoms with Gasteiger partial charge in [0.15, 0.2) is 0 Å². The van der Waals surface area contributed by atoms with Gasteiger partial charge >= 0.3 is 5.69 Å². The van der Waals surface area contributed by atoms with Gasteiger partial charge in [0.25, 0.3) is 0 Å². The third-order valence-corrected chi connectivity index (χ3v) is 3.99. The maximum Gasteiger partial charge on any atom is 0.312 e. The molecular formula is C12H17BrN4O2. The fraction of sp³-hybridized carbons (Fsp3) is 0.583. The number of aromatic nitrogens is 1. The maximum atomic E-state index is 11.1. The Morgan fingerprint density at radius 3 is 2.95 bits per heavy atom. The van der Waals surface area contributed by atoms with E-state index in [9.17, 15) is 10.1 Å². The SMILES string of the molecule is CCC1CN(c2ncc(Br)cc2[N+](=O)[O-])CCN1C. The molecule has 1 fully saturated rings. The standard InChI is InChI=1S/C12H17BrN4O2/c1-3-10-8-16(5-4-15(10)2)12-11(17(18)19)6-9(13)7-14-12/h6-7,10H,3-5,8H2,1-2H3. The molecule has 1 aromatic rings. The summed E-state index contributed by atoms with van der Waals surface area (Å²) >= 11 is 3.23. The molecule has 1 saturated heterocycles. The molecule has 0 amide bonds. The first-order valence-electron chi connectivity index (χ1n) is 6.28. The Morgan fingerprint density at radius 1 is 1.58 bits per heavy atom. The average Bonchev–Trinajstić information content (AvgIpc) is 2.39. The van der Waals surface area contributed by atoms with Gasteiger partial charge in [-0.3, -0.25) is 15.0 Å². The van der Waals surface area contributed by atoms with E-state index in [4.69, 9.17) is 0 Å². The first kappa shape index (κ1) is 14.2. The van der Waals surface area contributed by atoms with Crippen molar-refractivity contribution >= 4 is 27.4 Å². The lowest BCUT2D eigenvalue weighted by Crippen LogP contribution is -2.51. The van der Waals surface area contributed by atoms with Gasteiger partial charge in [0, 0.05) is 42.4 Å². The molecular weight excluding hydrogens is 312 g/mol. The van der Waals surface area contributed by atoms with Crippen LogP contribution in [0.15, 0.2) is 16.7 Å². The third-order valence-electron chi connectivity index (χ3n) is 3.56. The van der Waals surface area contributed by atoms with Crippen molar-refractivity contribution in [3.05, 3.63) is 26.9 Å². The van der Waals surface area contributed by atoms with Crippen molar-refractivity contribution < 1.29 is 4.92 Å². The summed E-state index contributed by atoms with van der Waals surface area (Å²) in [6.45, 7) is 4.58. The van der Waals surface area contributed by atoms with Crippen molar-refractivity contribution in [2.24, 2.45) is 0 Å². The topological polar surface area (TPSA) is 62.5 Å². The Kier molecular flexibility index (Phi) is 4.36. The van der Waals surface area contributed by atoms with E-state index in [1.165, 1.54) is 6.07 Å². The fourth-order valence-electron chi connectivity index (χ4n) is 2.38. The largest absolute Gasteiger partial charge is 0.348 e. The van der Waals surface area contributed by atoms with Crippen LogP contribution < -0.4 is 4.90 Å². The van der Waals surface area contributed by atoms with E-state index in [-0.39, 0.29) is 10.6 Å². The van der Waals surface area contributed by atoms with Crippen molar-refractivity contribution in [3.63, 3.8) is 0 Å². The molecule has 0 spiro atoms. The highest BCUT2D eigenvalue weighted by Crippen LogP contribution is 2.30. The number of nitro groups is 1. The summed E-state index contributed by atoms with van der Waals surface area (Å²) in [6.07, 6.45) is 2.64. The number of nitrogens with zero attached hydrogens (tertiary/aromatic N) is 4. The molecule has 19 heavy (non-hydrogen) atoms. The molecule has 104 valence electrons. The van der Waals surface area contributed by atoms with Crippen molar-refractivity contribution in [2.45, 2.75) is 19.4 Å². The van der Waals surface area contributed by atoms with Crippen LogP contribution in [0.5, 0.6) is 0 Å². The van der Waals surface area contributed by atoms with Gasteiger partial charge in [-0.2, -0.15) is 0 Å². The Hall–Kier alpha value is -1.21. The molecule has 0 N–H and O–H groups in total. The molecule has 1 aliphatic heterocycles. The van der Waals surface area contributed by atoms with E-state index in [0.29, 0.717) is 16.3 Å². The average molecular weight is 329 g/mol. The van der Waals surface area contributed by atoms with Crippen LogP contribution in [0.2, 0.25) is 0 Å². The van der Waals surface area contributed by atoms with E-state index >= 15 is 0 Å². The number of halogens is 1. The zero-order valence-corrected chi connectivity index (χ0v) is 12.6. The molecule has 1 aliphatic rings. The summed E-state index contributed by atoms with van der Waals surface area (Å²) < 4.78 is 0.629. The predicted molar refractivity (Wildman–Crippen MR) is 77.5 cm³/mol. The van der Waals surface area contributed by atoms with Crippen molar-refractivity contribution in [2.75, 3.05) is 31.6 Å². The second kappa shape index (κ2) is 5.83. The van der Waals surface area contributed by atoms with Gasteiger partial charge in [0.1, 0.15) is 0 Å². The summed E-state index contributed by atoms with van der Waals surface area (Å²) in [5, 5.41) is 11.1. The molecule has 1 aromatic heterocycles. The van der Waals surface area contributed by atoms with Gasteiger partial charge in [-0.05, 0) is 29.4 Å². The molecule has 2 heterocycles. The number of pyridine rings is 1. The summed E-state index contributed by atoms with van der Waals surface area (Å²) in [7, 11) is 2.09. The van der Waals surface area contributed by atoms with Gasteiger partial charge in [0.05, 0.1) is 4.92 Å². The van der Waals surface area contributed by atoms with Gasteiger partial charge in [-0.1, -0.05) is 6.92 Å². The lowest BCUT2D eigenvalue weighted by atomic mass is 10.1. The summed E-state index contributed by atoms with van der Waals surface area (Å²) in [6, 6.07) is 1.93. The van der Waals surface area contributed by atoms with Gasteiger partial charge < -0.3 is 4.90 Å². The van der Waals surface area contributed by atoms with Crippen LogP contribution in [0.4, 0.5) is 11.5 Å². The minimum Gasteiger partial charge on any atom is -0.348 e. The fourth-order valence-corrected chi connectivity index (χ4v) is 2.70. The Bertz CT molecular complexity index is 483. The molecule has 6 nitrogen and oxygen atoms in total. The van der Waals surface area contributed by atoms with Crippen LogP contribution in [0, 0.1) is 10.1 Å². The van der Waals surface area contributed by atoms with Crippen LogP contribution in [0.25, 0.3) is 0 Å². The minimum absolute atomic E-state index is 0.0637. The van der Waals surface area contributed by atoms with Crippen LogP contribution in [0.3, 0.4) is 0 Å². The van der Waals surface area contributed by atoms with Crippen molar-refractivity contribution in [3.8, 4) is 0 Å². The van der Waals surface area contributed by atoms with Crippen LogP contribution in [-0.2, 0) is 0 Å². The molecule has 0 aliphatic carbocycles. The molecule has 1 unspecified atom stereocenters. The monoisotopic (exact) mass is 328 g/mol. The maximum absolute atomic E-state index is 11.1. The van der Waals surface area contributed by atoms with Crippen molar-refractivity contribution in [1.29, 1.82) is 0 Å². The van der Waals surface area contributed by atoms with E-state index in [2.05, 4.69) is 39.8 Å². The number of hydrogen-bond donors (Lipinski definition) is 0. The zero-order valence-electron chi connectivity index (χ0n) is 11.0. The third kappa shape index (κ3) is 3.03. The number of likely N-dealkylation sites (N-methyl/N-ethyl adjacent to an activating group) is 1. The summed E-state index contributed by atoms with van der Waals surface area (Å²) in [5.41, 5.74) is 0.0637. The van der Waals surface area contributed by atoms with Gasteiger partial charge in [0.2, 0.25) is 5.82 Å². The first-order chi connectivity index (χ1) is 9.02. The Labute approximate surface area is 120 Å². The highest BCUT2D eigenvalue weighted by atomic mass is 79.9. The molecule has 0 aromatic carbocycles. The number of rotatable bonds is 3. The van der Waals surface area contributed by atoms with Gasteiger partial charge in [-0.25, -0.2) is 4.98 Å². The lowest BCUT2D eigenvalue weighted by Gasteiger charge is -2.39. The zero-order chi connectivity index (χ0) is 14.0. The summed E-state index contributed by atoms with van der Waals surface area (Å²) in [4.78, 5) is 19.3. The van der Waals surface area contributed by atoms with Crippen LogP contribution >= 0.6 is 15.9 Å². The van der Waals surface area contributed by atoms with Crippen LogP contribution in [-0.4, -0.2) is 47.5 Å². The lowest BCUT2D eigenvalue weighted by molar-refractivity contribution is -0.384. The Balaban J connectivity index is 2.29. The molecule has 0 bridgehead atoms. The minimum atomic E-state index is -0.369. The van der Waals surface area contributed by atoms with Gasteiger partial charge in [-0.15, -0.1) is 0 Å². The van der Waals surface area contributed by atoms with E-state index in [0.717, 1.165) is 26.1 Å². The highest BCUT2D eigenvalue weighted by Gasteiger charge is 2.28. The highest BCUT2D eigenvalue weighted by molar-refractivity contribution is 9.10. The summed E-state index contributed by atoms with van der Waals surface area (Å²) in [5.74, 6) is 0.472. The molecule has 0 saturated carbocycles. The quantitative estimate of drug-likeness (QED) is 0.629. The second-order valence-electron chi connectivity index (χ2n) is 4.74. The van der Waals surface area contributed by atoms with E-state index in [1.54, 1.807) is 6.20 Å². The van der Waals surface area contributed by atoms with E-state index in [1.807, 2.05) is 4.90 Å². The smallest absolute Gasteiger partial charge is 0.312 e. The molecule has 7 heteroatoms. The molecule has 2 rings (SSSR count). The second-order valence-corrected chi connectivity index (χ2v) is 5.66. The first-order valence-corrected chi connectivity index (χ1v) is 7.07.